The van der Waals surface area contributed by atoms with Crippen LogP contribution in [0.1, 0.15) is 46.1 Å². The van der Waals surface area contributed by atoms with Gasteiger partial charge in [-0.05, 0) is 47.6 Å². The fraction of sp³-hybridized carbons (Fsp3) is 0.737. The van der Waals surface area contributed by atoms with E-state index in [0.717, 1.165) is 38.6 Å². The first kappa shape index (κ1) is 19.3. The highest BCUT2D eigenvalue weighted by molar-refractivity contribution is 7.07. The van der Waals surface area contributed by atoms with Crippen molar-refractivity contribution >= 4 is 17.3 Å². The third-order valence-electron chi connectivity index (χ3n) is 4.47. The van der Waals surface area contributed by atoms with E-state index < -0.39 is 0 Å². The molecule has 1 fully saturated rings. The molecule has 1 aliphatic rings. The summed E-state index contributed by atoms with van der Waals surface area (Å²) < 4.78 is 6.09. The summed E-state index contributed by atoms with van der Waals surface area (Å²) in [6.45, 7) is 12.4. The van der Waals surface area contributed by atoms with E-state index in [2.05, 4.69) is 61.8 Å². The molecule has 136 valence electrons. The second-order valence-electron chi connectivity index (χ2n) is 7.74. The zero-order valence-corrected chi connectivity index (χ0v) is 16.7. The van der Waals surface area contributed by atoms with E-state index in [1.807, 2.05) is 0 Å². The molecule has 2 rings (SSSR count). The van der Waals surface area contributed by atoms with Crippen LogP contribution in [0.2, 0.25) is 0 Å². The van der Waals surface area contributed by atoms with Crippen LogP contribution in [0.15, 0.2) is 21.8 Å². The van der Waals surface area contributed by atoms with Crippen LogP contribution in [0, 0.1) is 11.3 Å². The second-order valence-corrected chi connectivity index (χ2v) is 8.52. The molecule has 5 heteroatoms. The van der Waals surface area contributed by atoms with Gasteiger partial charge in [-0.1, -0.05) is 20.8 Å². The van der Waals surface area contributed by atoms with Crippen LogP contribution < -0.4 is 5.32 Å². The third-order valence-corrected chi connectivity index (χ3v) is 5.20. The molecule has 0 radical (unpaired) electrons. The van der Waals surface area contributed by atoms with Crippen LogP contribution in [0.3, 0.4) is 0 Å². The molecule has 2 atom stereocenters. The Hall–Kier alpha value is -1.07. The molecular weight excluding hydrogens is 318 g/mol. The number of hydrogen-bond donors (Lipinski definition) is 1. The lowest BCUT2D eigenvalue weighted by molar-refractivity contribution is -0.0824. The Kier molecular flexibility index (Phi) is 7.11. The molecule has 0 bridgehead atoms. The van der Waals surface area contributed by atoms with Crippen molar-refractivity contribution in [1.82, 2.24) is 10.2 Å². The Morgan fingerprint density at radius 2 is 2.25 bits per heavy atom. The van der Waals surface area contributed by atoms with Crippen LogP contribution in [-0.2, 0) is 11.3 Å². The lowest BCUT2D eigenvalue weighted by Gasteiger charge is -2.39. The molecule has 2 heterocycles. The minimum absolute atomic E-state index is 0.168. The number of hydrogen-bond acceptors (Lipinski definition) is 3. The maximum Gasteiger partial charge on any atom is 0.193 e. The predicted molar refractivity (Wildman–Crippen MR) is 104 cm³/mol. The molecule has 0 spiro atoms. The molecule has 2 unspecified atom stereocenters. The summed E-state index contributed by atoms with van der Waals surface area (Å²) in [6, 6.07) is 2.18. The molecule has 0 aromatic carbocycles. The average molecular weight is 352 g/mol. The molecule has 24 heavy (non-hydrogen) atoms. The van der Waals surface area contributed by atoms with E-state index >= 15 is 0 Å². The Bertz CT molecular complexity index is 507. The molecular formula is C19H33N3OS. The highest BCUT2D eigenvalue weighted by Gasteiger charge is 2.35. The SMILES string of the molecule is CCNC(=NCC1CCCOC1C(C)(C)C)N(C)Cc1ccsc1. The summed E-state index contributed by atoms with van der Waals surface area (Å²) >= 11 is 1.74. The van der Waals surface area contributed by atoms with E-state index in [0.29, 0.717) is 12.0 Å². The Morgan fingerprint density at radius 3 is 2.88 bits per heavy atom. The maximum atomic E-state index is 6.09. The van der Waals surface area contributed by atoms with Gasteiger partial charge in [0.15, 0.2) is 5.96 Å². The van der Waals surface area contributed by atoms with E-state index in [-0.39, 0.29) is 5.41 Å². The molecule has 1 aromatic heterocycles. The summed E-state index contributed by atoms with van der Waals surface area (Å²) in [5, 5.41) is 7.75. The first-order valence-corrected chi connectivity index (χ1v) is 9.98. The molecule has 1 saturated heterocycles. The molecule has 0 saturated carbocycles. The molecule has 1 N–H and O–H groups in total. The second kappa shape index (κ2) is 8.86. The van der Waals surface area contributed by atoms with Crippen LogP contribution in [0.5, 0.6) is 0 Å². The van der Waals surface area contributed by atoms with Crippen LogP contribution in [-0.4, -0.2) is 43.7 Å². The summed E-state index contributed by atoms with van der Waals surface area (Å²) in [5.74, 6) is 1.49. The Labute approximate surface area is 151 Å². The minimum Gasteiger partial charge on any atom is -0.377 e. The molecule has 0 aliphatic carbocycles. The molecule has 4 nitrogen and oxygen atoms in total. The summed E-state index contributed by atoms with van der Waals surface area (Å²) in [4.78, 5) is 7.15. The van der Waals surface area contributed by atoms with Gasteiger partial charge in [-0.25, -0.2) is 0 Å². The van der Waals surface area contributed by atoms with Crippen molar-refractivity contribution in [2.75, 3.05) is 26.7 Å². The number of nitrogens with zero attached hydrogens (tertiary/aromatic N) is 2. The van der Waals surface area contributed by atoms with Crippen molar-refractivity contribution in [2.45, 2.75) is 53.2 Å². The first-order chi connectivity index (χ1) is 11.4. The van der Waals surface area contributed by atoms with Crippen molar-refractivity contribution in [2.24, 2.45) is 16.3 Å². The Morgan fingerprint density at radius 1 is 1.46 bits per heavy atom. The van der Waals surface area contributed by atoms with Gasteiger partial charge in [0.05, 0.1) is 6.10 Å². The van der Waals surface area contributed by atoms with Gasteiger partial charge in [-0.2, -0.15) is 11.3 Å². The molecule has 1 aliphatic heterocycles. The summed E-state index contributed by atoms with van der Waals surface area (Å²) in [5.41, 5.74) is 1.50. The van der Waals surface area contributed by atoms with Gasteiger partial charge in [0.1, 0.15) is 0 Å². The van der Waals surface area contributed by atoms with Crippen molar-refractivity contribution in [3.05, 3.63) is 22.4 Å². The maximum absolute atomic E-state index is 6.09. The van der Waals surface area contributed by atoms with E-state index in [1.165, 1.54) is 12.0 Å². The first-order valence-electron chi connectivity index (χ1n) is 9.04. The highest BCUT2D eigenvalue weighted by atomic mass is 32.1. The van der Waals surface area contributed by atoms with Crippen molar-refractivity contribution < 1.29 is 4.74 Å². The fourth-order valence-electron chi connectivity index (χ4n) is 3.39. The van der Waals surface area contributed by atoms with Gasteiger partial charge in [0, 0.05) is 39.2 Å². The number of nitrogens with one attached hydrogen (secondary N) is 1. The molecule has 1 aromatic rings. The smallest absolute Gasteiger partial charge is 0.193 e. The number of thiophene rings is 1. The normalized spacial score (nSPS) is 22.5. The summed E-state index contributed by atoms with van der Waals surface area (Å²) in [7, 11) is 2.11. The lowest BCUT2D eigenvalue weighted by Crippen LogP contribution is -2.43. The third kappa shape index (κ3) is 5.49. The van der Waals surface area contributed by atoms with E-state index in [9.17, 15) is 0 Å². The van der Waals surface area contributed by atoms with E-state index in [1.54, 1.807) is 11.3 Å². The van der Waals surface area contributed by atoms with Gasteiger partial charge in [-0.15, -0.1) is 0 Å². The standard InChI is InChI=1S/C19H33N3OS/c1-6-20-18(22(5)13-15-9-11-24-14-15)21-12-16-8-7-10-23-17(16)19(2,3)4/h9,11,14,16-17H,6-8,10,12-13H2,1-5H3,(H,20,21). The van der Waals surface area contributed by atoms with Crippen molar-refractivity contribution in [1.29, 1.82) is 0 Å². The zero-order chi connectivity index (χ0) is 17.6. The van der Waals surface area contributed by atoms with Gasteiger partial charge >= 0.3 is 0 Å². The molecule has 0 amide bonds. The van der Waals surface area contributed by atoms with E-state index in [4.69, 9.17) is 9.73 Å². The van der Waals surface area contributed by atoms with Gasteiger partial charge in [0.25, 0.3) is 0 Å². The predicted octanol–water partition coefficient (Wildman–Crippen LogP) is 3.99. The fourth-order valence-corrected chi connectivity index (χ4v) is 4.05. The Balaban J connectivity index is 2.03. The largest absolute Gasteiger partial charge is 0.377 e. The van der Waals surface area contributed by atoms with Crippen molar-refractivity contribution in [3.8, 4) is 0 Å². The summed E-state index contributed by atoms with van der Waals surface area (Å²) in [6.07, 6.45) is 2.65. The quantitative estimate of drug-likeness (QED) is 0.644. The van der Waals surface area contributed by atoms with Crippen LogP contribution in [0.4, 0.5) is 0 Å². The average Bonchev–Trinajstić information content (AvgIpc) is 3.03. The van der Waals surface area contributed by atoms with Gasteiger partial charge < -0.3 is 15.0 Å². The minimum atomic E-state index is 0.168. The van der Waals surface area contributed by atoms with Gasteiger partial charge in [-0.3, -0.25) is 4.99 Å². The van der Waals surface area contributed by atoms with Crippen LogP contribution >= 0.6 is 11.3 Å². The van der Waals surface area contributed by atoms with Crippen LogP contribution in [0.25, 0.3) is 0 Å². The zero-order valence-electron chi connectivity index (χ0n) is 15.8. The van der Waals surface area contributed by atoms with Gasteiger partial charge in [0.2, 0.25) is 0 Å². The number of guanidine groups is 1. The highest BCUT2D eigenvalue weighted by Crippen LogP contribution is 2.34. The number of ether oxygens (including phenoxy) is 1. The number of aliphatic imine (C=N–C) groups is 1. The lowest BCUT2D eigenvalue weighted by atomic mass is 9.78. The van der Waals surface area contributed by atoms with Crippen molar-refractivity contribution in [3.63, 3.8) is 0 Å². The topological polar surface area (TPSA) is 36.9 Å². The monoisotopic (exact) mass is 351 g/mol. The number of rotatable bonds is 5.